The van der Waals surface area contributed by atoms with Gasteiger partial charge in [0.2, 0.25) is 0 Å². The highest BCUT2D eigenvalue weighted by Crippen LogP contribution is 2.26. The molecule has 1 atom stereocenters. The van der Waals surface area contributed by atoms with E-state index in [-0.39, 0.29) is 17.5 Å². The molecule has 0 aliphatic carbocycles. The van der Waals surface area contributed by atoms with Crippen LogP contribution in [-0.2, 0) is 0 Å². The van der Waals surface area contributed by atoms with Crippen molar-refractivity contribution in [3.05, 3.63) is 65.2 Å². The van der Waals surface area contributed by atoms with Gasteiger partial charge in [0.1, 0.15) is 0 Å². The molecule has 0 bridgehead atoms. The van der Waals surface area contributed by atoms with Crippen LogP contribution in [0.3, 0.4) is 0 Å². The Morgan fingerprint density at radius 2 is 1.71 bits per heavy atom. The molecule has 2 aromatic carbocycles. The Morgan fingerprint density at radius 3 is 2.42 bits per heavy atom. The van der Waals surface area contributed by atoms with E-state index in [9.17, 15) is 14.7 Å². The van der Waals surface area contributed by atoms with E-state index in [4.69, 9.17) is 0 Å². The normalized spacial score (nSPS) is 17.2. The summed E-state index contributed by atoms with van der Waals surface area (Å²) in [5, 5.41) is 15.4. The van der Waals surface area contributed by atoms with Crippen LogP contribution in [0, 0.1) is 0 Å². The molecule has 124 valence electrons. The summed E-state index contributed by atoms with van der Waals surface area (Å²) >= 11 is 0. The third kappa shape index (κ3) is 3.46. The number of aromatic carboxylic acids is 1. The van der Waals surface area contributed by atoms with Crippen molar-refractivity contribution < 1.29 is 14.7 Å². The summed E-state index contributed by atoms with van der Waals surface area (Å²) in [4.78, 5) is 24.0. The quantitative estimate of drug-likeness (QED) is 0.805. The van der Waals surface area contributed by atoms with Gasteiger partial charge in [-0.25, -0.2) is 4.79 Å². The number of carboxylic acid groups (broad SMARTS) is 1. The highest BCUT2D eigenvalue weighted by atomic mass is 16.4. The lowest BCUT2D eigenvalue weighted by molar-refractivity contribution is 0.0698. The van der Waals surface area contributed by atoms with Gasteiger partial charge in [-0.1, -0.05) is 36.8 Å². The molecular weight excluding hydrogens is 304 g/mol. The number of carbonyl (C=O) groups is 2. The van der Waals surface area contributed by atoms with E-state index < -0.39 is 5.97 Å². The SMILES string of the molecule is O=C(O)c1ccccc1NC(=O)c1ccccc1C1CCCCN1. The molecule has 5 nitrogen and oxygen atoms in total. The zero-order chi connectivity index (χ0) is 16.9. The number of nitrogens with one attached hydrogen (secondary N) is 2. The van der Waals surface area contributed by atoms with Gasteiger partial charge in [0.25, 0.3) is 5.91 Å². The van der Waals surface area contributed by atoms with Gasteiger partial charge < -0.3 is 15.7 Å². The van der Waals surface area contributed by atoms with Crippen molar-refractivity contribution in [2.45, 2.75) is 25.3 Å². The Balaban J connectivity index is 1.87. The van der Waals surface area contributed by atoms with Crippen molar-refractivity contribution >= 4 is 17.6 Å². The molecule has 1 aliphatic rings. The lowest BCUT2D eigenvalue weighted by Gasteiger charge is -2.25. The van der Waals surface area contributed by atoms with Gasteiger partial charge in [0.05, 0.1) is 11.3 Å². The number of carbonyl (C=O) groups excluding carboxylic acids is 1. The molecule has 3 N–H and O–H groups in total. The third-order valence-corrected chi connectivity index (χ3v) is 4.30. The highest BCUT2D eigenvalue weighted by Gasteiger charge is 2.21. The lowest BCUT2D eigenvalue weighted by Crippen LogP contribution is -2.29. The van der Waals surface area contributed by atoms with Crippen molar-refractivity contribution in [3.63, 3.8) is 0 Å². The Bertz CT molecular complexity index is 752. The summed E-state index contributed by atoms with van der Waals surface area (Å²) in [6.45, 7) is 0.947. The summed E-state index contributed by atoms with van der Waals surface area (Å²) in [5.41, 5.74) is 1.93. The molecule has 0 aromatic heterocycles. The first kappa shape index (κ1) is 16.2. The minimum Gasteiger partial charge on any atom is -0.478 e. The van der Waals surface area contributed by atoms with Crippen molar-refractivity contribution in [2.24, 2.45) is 0 Å². The van der Waals surface area contributed by atoms with Crippen LogP contribution in [0.5, 0.6) is 0 Å². The smallest absolute Gasteiger partial charge is 0.337 e. The standard InChI is InChI=1S/C19H20N2O3/c22-18(21-17-11-4-3-9-15(17)19(23)24)14-8-2-1-7-13(14)16-10-5-6-12-20-16/h1-4,7-9,11,16,20H,5-6,10,12H2,(H,21,22)(H,23,24). The van der Waals surface area contributed by atoms with Crippen molar-refractivity contribution in [2.75, 3.05) is 11.9 Å². The minimum absolute atomic E-state index is 0.0825. The maximum atomic E-state index is 12.7. The largest absolute Gasteiger partial charge is 0.478 e. The number of anilines is 1. The lowest BCUT2D eigenvalue weighted by atomic mass is 9.93. The number of hydrogen-bond donors (Lipinski definition) is 3. The molecule has 0 saturated carbocycles. The maximum absolute atomic E-state index is 12.7. The van der Waals surface area contributed by atoms with E-state index in [0.717, 1.165) is 31.4 Å². The van der Waals surface area contributed by atoms with E-state index in [1.807, 2.05) is 18.2 Å². The van der Waals surface area contributed by atoms with E-state index >= 15 is 0 Å². The van der Waals surface area contributed by atoms with E-state index in [1.165, 1.54) is 6.07 Å². The van der Waals surface area contributed by atoms with Gasteiger partial charge in [0.15, 0.2) is 0 Å². The van der Waals surface area contributed by atoms with Crippen LogP contribution in [0.2, 0.25) is 0 Å². The van der Waals surface area contributed by atoms with Crippen LogP contribution < -0.4 is 10.6 Å². The zero-order valence-electron chi connectivity index (χ0n) is 13.3. The van der Waals surface area contributed by atoms with Crippen LogP contribution in [0.4, 0.5) is 5.69 Å². The third-order valence-electron chi connectivity index (χ3n) is 4.30. The van der Waals surface area contributed by atoms with Crippen LogP contribution >= 0.6 is 0 Å². The van der Waals surface area contributed by atoms with Crippen molar-refractivity contribution in [1.82, 2.24) is 5.32 Å². The van der Waals surface area contributed by atoms with Gasteiger partial charge in [-0.2, -0.15) is 0 Å². The summed E-state index contributed by atoms with van der Waals surface area (Å²) < 4.78 is 0. The first-order valence-electron chi connectivity index (χ1n) is 8.13. The Labute approximate surface area is 140 Å². The predicted molar refractivity (Wildman–Crippen MR) is 92.4 cm³/mol. The topological polar surface area (TPSA) is 78.4 Å². The Morgan fingerprint density at radius 1 is 1.00 bits per heavy atom. The molecule has 3 rings (SSSR count). The predicted octanol–water partition coefficient (Wildman–Crippen LogP) is 3.45. The molecule has 24 heavy (non-hydrogen) atoms. The first-order chi connectivity index (χ1) is 11.7. The summed E-state index contributed by atoms with van der Waals surface area (Å²) in [5.74, 6) is -1.35. The fourth-order valence-corrected chi connectivity index (χ4v) is 3.09. The Hall–Kier alpha value is -2.66. The molecule has 1 amide bonds. The molecule has 1 unspecified atom stereocenters. The average molecular weight is 324 g/mol. The number of carboxylic acids is 1. The fraction of sp³-hybridized carbons (Fsp3) is 0.263. The highest BCUT2D eigenvalue weighted by molar-refractivity contribution is 6.08. The van der Waals surface area contributed by atoms with Gasteiger partial charge >= 0.3 is 5.97 Å². The Kier molecular flexibility index (Phi) is 4.91. The number of rotatable bonds is 4. The van der Waals surface area contributed by atoms with Crippen LogP contribution in [0.15, 0.2) is 48.5 Å². The molecule has 2 aromatic rings. The molecule has 1 saturated heterocycles. The monoisotopic (exact) mass is 324 g/mol. The maximum Gasteiger partial charge on any atom is 0.337 e. The molecule has 0 radical (unpaired) electrons. The molecule has 1 aliphatic heterocycles. The summed E-state index contributed by atoms with van der Waals surface area (Å²) in [7, 11) is 0. The van der Waals surface area contributed by atoms with Crippen molar-refractivity contribution in [1.29, 1.82) is 0 Å². The second-order valence-electron chi connectivity index (χ2n) is 5.89. The molecule has 1 heterocycles. The molecular formula is C19H20N2O3. The average Bonchev–Trinajstić information content (AvgIpc) is 2.62. The number of para-hydroxylation sites is 1. The van der Waals surface area contributed by atoms with Gasteiger partial charge in [-0.3, -0.25) is 4.79 Å². The van der Waals surface area contributed by atoms with Gasteiger partial charge in [-0.15, -0.1) is 0 Å². The van der Waals surface area contributed by atoms with Crippen LogP contribution in [0.1, 0.15) is 51.6 Å². The number of piperidine rings is 1. The van der Waals surface area contributed by atoms with Crippen LogP contribution in [0.25, 0.3) is 0 Å². The molecule has 0 spiro atoms. The first-order valence-corrected chi connectivity index (χ1v) is 8.13. The summed E-state index contributed by atoms with van der Waals surface area (Å²) in [6.07, 6.45) is 3.28. The number of hydrogen-bond acceptors (Lipinski definition) is 3. The zero-order valence-corrected chi connectivity index (χ0v) is 13.3. The summed E-state index contributed by atoms with van der Waals surface area (Å²) in [6, 6.07) is 14.1. The molecule has 1 fully saturated rings. The van der Waals surface area contributed by atoms with Gasteiger partial charge in [-0.05, 0) is 43.1 Å². The van der Waals surface area contributed by atoms with Gasteiger partial charge in [0, 0.05) is 11.6 Å². The number of benzene rings is 2. The fourth-order valence-electron chi connectivity index (χ4n) is 3.09. The van der Waals surface area contributed by atoms with Crippen LogP contribution in [-0.4, -0.2) is 23.5 Å². The second-order valence-corrected chi connectivity index (χ2v) is 5.89. The number of amides is 1. The molecule has 5 heteroatoms. The van der Waals surface area contributed by atoms with E-state index in [0.29, 0.717) is 11.3 Å². The second kappa shape index (κ2) is 7.27. The minimum atomic E-state index is -1.06. The van der Waals surface area contributed by atoms with E-state index in [2.05, 4.69) is 10.6 Å². The van der Waals surface area contributed by atoms with E-state index in [1.54, 1.807) is 24.3 Å². The van der Waals surface area contributed by atoms with Crippen molar-refractivity contribution in [3.8, 4) is 0 Å².